The Kier molecular flexibility index (Phi) is 4.19. The van der Waals surface area contributed by atoms with E-state index < -0.39 is 35.0 Å². The van der Waals surface area contributed by atoms with Gasteiger partial charge in [0.1, 0.15) is 0 Å². The Morgan fingerprint density at radius 2 is 1.92 bits per heavy atom. The van der Waals surface area contributed by atoms with Crippen molar-refractivity contribution in [2.75, 3.05) is 11.6 Å². The van der Waals surface area contributed by atoms with Crippen LogP contribution in [0.3, 0.4) is 0 Å². The standard InChI is InChI=1S/C17H15F3N2O2/c1-9-15(19)12(18)8-14(16(9)20)22-13(6-7-23)10-4-2-3-5-11(10)17(24)21-22/h2-5,8,13,23H,6-7H2,1H3,(H,21,24). The minimum absolute atomic E-state index is 0.175. The monoisotopic (exact) mass is 336 g/mol. The Morgan fingerprint density at radius 1 is 1.21 bits per heavy atom. The van der Waals surface area contributed by atoms with E-state index in [9.17, 15) is 23.1 Å². The number of nitrogens with zero attached hydrogens (tertiary/aromatic N) is 1. The molecule has 126 valence electrons. The van der Waals surface area contributed by atoms with Crippen LogP contribution < -0.4 is 10.4 Å². The summed E-state index contributed by atoms with van der Waals surface area (Å²) in [5.41, 5.74) is 2.71. The Morgan fingerprint density at radius 3 is 2.62 bits per heavy atom. The highest BCUT2D eigenvalue weighted by molar-refractivity contribution is 5.98. The number of hydrogen-bond acceptors (Lipinski definition) is 3. The molecule has 2 aromatic rings. The van der Waals surface area contributed by atoms with Crippen molar-refractivity contribution in [2.45, 2.75) is 19.4 Å². The summed E-state index contributed by atoms with van der Waals surface area (Å²) in [6, 6.07) is 6.79. The summed E-state index contributed by atoms with van der Waals surface area (Å²) in [4.78, 5) is 12.3. The molecule has 3 rings (SSSR count). The lowest BCUT2D eigenvalue weighted by molar-refractivity contribution is 0.0927. The van der Waals surface area contributed by atoms with Crippen molar-refractivity contribution >= 4 is 11.6 Å². The van der Waals surface area contributed by atoms with Crippen molar-refractivity contribution in [1.82, 2.24) is 5.43 Å². The normalized spacial score (nSPS) is 16.8. The van der Waals surface area contributed by atoms with Gasteiger partial charge in [-0.25, -0.2) is 13.2 Å². The maximum atomic E-state index is 14.5. The molecule has 24 heavy (non-hydrogen) atoms. The topological polar surface area (TPSA) is 52.6 Å². The van der Waals surface area contributed by atoms with Gasteiger partial charge in [-0.05, 0) is 25.0 Å². The number of benzene rings is 2. The molecule has 0 saturated heterocycles. The molecular formula is C17H15F3N2O2. The van der Waals surface area contributed by atoms with Crippen molar-refractivity contribution in [3.8, 4) is 0 Å². The zero-order chi connectivity index (χ0) is 17.4. The minimum atomic E-state index is -1.27. The van der Waals surface area contributed by atoms with Crippen molar-refractivity contribution in [3.63, 3.8) is 0 Å². The number of halogens is 3. The smallest absolute Gasteiger partial charge is 0.270 e. The Bertz CT molecular complexity index is 811. The third kappa shape index (κ3) is 2.50. The predicted octanol–water partition coefficient (Wildman–Crippen LogP) is 3.00. The largest absolute Gasteiger partial charge is 0.396 e. The first-order valence-electron chi connectivity index (χ1n) is 7.39. The van der Waals surface area contributed by atoms with E-state index in [2.05, 4.69) is 5.43 Å². The van der Waals surface area contributed by atoms with Crippen molar-refractivity contribution in [1.29, 1.82) is 0 Å². The molecule has 2 aromatic carbocycles. The molecule has 1 atom stereocenters. The van der Waals surface area contributed by atoms with E-state index in [-0.39, 0.29) is 18.7 Å². The molecule has 7 heteroatoms. The number of aliphatic hydroxyl groups is 1. The number of fused-ring (bicyclic) bond motifs is 1. The number of rotatable bonds is 3. The number of nitrogens with one attached hydrogen (secondary N) is 1. The fourth-order valence-corrected chi connectivity index (χ4v) is 2.91. The van der Waals surface area contributed by atoms with Crippen LogP contribution in [-0.2, 0) is 0 Å². The lowest BCUT2D eigenvalue weighted by atomic mass is 9.94. The summed E-state index contributed by atoms with van der Waals surface area (Å²) in [7, 11) is 0. The lowest BCUT2D eigenvalue weighted by Crippen LogP contribution is -2.50. The van der Waals surface area contributed by atoms with Gasteiger partial charge in [-0.3, -0.25) is 15.2 Å². The summed E-state index contributed by atoms with van der Waals surface area (Å²) < 4.78 is 41.8. The number of hydrogen-bond donors (Lipinski definition) is 2. The van der Waals surface area contributed by atoms with Crippen LogP contribution >= 0.6 is 0 Å². The lowest BCUT2D eigenvalue weighted by Gasteiger charge is -2.38. The molecule has 0 radical (unpaired) electrons. The van der Waals surface area contributed by atoms with Crippen LogP contribution in [0.25, 0.3) is 0 Å². The van der Waals surface area contributed by atoms with Gasteiger partial charge in [0.15, 0.2) is 17.5 Å². The van der Waals surface area contributed by atoms with Gasteiger partial charge in [0, 0.05) is 23.8 Å². The number of amides is 1. The average Bonchev–Trinajstić information content (AvgIpc) is 2.59. The zero-order valence-electron chi connectivity index (χ0n) is 12.8. The molecule has 0 fully saturated rings. The van der Waals surface area contributed by atoms with Crippen molar-refractivity contribution in [2.24, 2.45) is 0 Å². The number of hydrazine groups is 1. The molecule has 4 nitrogen and oxygen atoms in total. The number of anilines is 1. The van der Waals surface area contributed by atoms with E-state index in [4.69, 9.17) is 0 Å². The van der Waals surface area contributed by atoms with Crippen LogP contribution in [0.2, 0.25) is 0 Å². The molecule has 1 unspecified atom stereocenters. The highest BCUT2D eigenvalue weighted by atomic mass is 19.2. The fraction of sp³-hybridized carbons (Fsp3) is 0.235. The number of carbonyl (C=O) groups excluding carboxylic acids is 1. The summed E-state index contributed by atoms with van der Waals surface area (Å²) in [5, 5.41) is 10.5. The Balaban J connectivity index is 2.16. The zero-order valence-corrected chi connectivity index (χ0v) is 12.8. The van der Waals surface area contributed by atoms with E-state index in [1.807, 2.05) is 0 Å². The molecule has 0 aromatic heterocycles. The van der Waals surface area contributed by atoms with Crippen LogP contribution in [0.15, 0.2) is 30.3 Å². The van der Waals surface area contributed by atoms with E-state index in [1.165, 1.54) is 0 Å². The van der Waals surface area contributed by atoms with E-state index in [1.54, 1.807) is 24.3 Å². The second-order valence-electron chi connectivity index (χ2n) is 5.56. The SMILES string of the molecule is Cc1c(F)c(F)cc(N2NC(=O)c3ccccc3C2CCO)c1F. The first-order valence-corrected chi connectivity index (χ1v) is 7.39. The molecule has 1 aliphatic heterocycles. The maximum absolute atomic E-state index is 14.5. The van der Waals surface area contributed by atoms with Gasteiger partial charge in [-0.1, -0.05) is 18.2 Å². The molecule has 0 spiro atoms. The van der Waals surface area contributed by atoms with Crippen molar-refractivity contribution < 1.29 is 23.1 Å². The Labute approximate surface area is 136 Å². The van der Waals surface area contributed by atoms with Crippen LogP contribution in [0.5, 0.6) is 0 Å². The molecule has 0 saturated carbocycles. The molecule has 0 bridgehead atoms. The van der Waals surface area contributed by atoms with Gasteiger partial charge in [0.25, 0.3) is 5.91 Å². The highest BCUT2D eigenvalue weighted by Crippen LogP contribution is 2.36. The average molecular weight is 336 g/mol. The van der Waals surface area contributed by atoms with E-state index in [0.717, 1.165) is 11.9 Å². The van der Waals surface area contributed by atoms with Gasteiger partial charge < -0.3 is 5.11 Å². The minimum Gasteiger partial charge on any atom is -0.396 e. The quantitative estimate of drug-likeness (QED) is 0.847. The van der Waals surface area contributed by atoms with Crippen LogP contribution in [0.1, 0.15) is 33.9 Å². The summed E-state index contributed by atoms with van der Waals surface area (Å²) in [5.74, 6) is -3.92. The van der Waals surface area contributed by atoms with Gasteiger partial charge in [0.2, 0.25) is 0 Å². The van der Waals surface area contributed by atoms with Crippen molar-refractivity contribution in [3.05, 3.63) is 64.5 Å². The van der Waals surface area contributed by atoms with Crippen LogP contribution in [0.4, 0.5) is 18.9 Å². The molecule has 1 heterocycles. The second kappa shape index (κ2) is 6.16. The fourth-order valence-electron chi connectivity index (χ4n) is 2.91. The molecule has 1 amide bonds. The van der Waals surface area contributed by atoms with Crippen LogP contribution in [-0.4, -0.2) is 17.6 Å². The Hall–Kier alpha value is -2.54. The van der Waals surface area contributed by atoms with Gasteiger partial charge >= 0.3 is 0 Å². The van der Waals surface area contributed by atoms with Gasteiger partial charge in [0.05, 0.1) is 11.7 Å². The number of carbonyl (C=O) groups is 1. The number of aliphatic hydroxyl groups excluding tert-OH is 1. The molecule has 0 aliphatic carbocycles. The maximum Gasteiger partial charge on any atom is 0.270 e. The van der Waals surface area contributed by atoms with Gasteiger partial charge in [-0.15, -0.1) is 0 Å². The molecule has 2 N–H and O–H groups in total. The van der Waals surface area contributed by atoms with E-state index >= 15 is 0 Å². The first-order chi connectivity index (χ1) is 11.5. The highest BCUT2D eigenvalue weighted by Gasteiger charge is 2.34. The molecular weight excluding hydrogens is 321 g/mol. The van der Waals surface area contributed by atoms with E-state index in [0.29, 0.717) is 17.2 Å². The third-order valence-electron chi connectivity index (χ3n) is 4.12. The third-order valence-corrected chi connectivity index (χ3v) is 4.12. The van der Waals surface area contributed by atoms with Crippen LogP contribution in [0, 0.1) is 24.4 Å². The summed E-state index contributed by atoms with van der Waals surface area (Å²) >= 11 is 0. The first kappa shape index (κ1) is 16.3. The second-order valence-corrected chi connectivity index (χ2v) is 5.56. The summed E-state index contributed by atoms with van der Waals surface area (Å²) in [6.07, 6.45) is 0.175. The predicted molar refractivity (Wildman–Crippen MR) is 81.9 cm³/mol. The molecule has 1 aliphatic rings. The summed E-state index contributed by atoms with van der Waals surface area (Å²) in [6.45, 7) is 0.896. The van der Waals surface area contributed by atoms with Gasteiger partial charge in [-0.2, -0.15) is 0 Å².